The molecule has 1 rings (SSSR count). The molecule has 1 unspecified atom stereocenters. The molecule has 9 heavy (non-hydrogen) atoms. The Kier molecular flexibility index (Phi) is 2.11. The SMILES string of the molecule is O=C(Cl)C1C=CNCC1. The Morgan fingerprint density at radius 3 is 2.89 bits per heavy atom. The molecule has 1 heterocycles. The first-order valence-electron chi connectivity index (χ1n) is 2.90. The molecule has 0 radical (unpaired) electrons. The summed E-state index contributed by atoms with van der Waals surface area (Å²) in [5.74, 6) is -0.0621. The van der Waals surface area contributed by atoms with E-state index in [-0.39, 0.29) is 11.2 Å². The fraction of sp³-hybridized carbons (Fsp3) is 0.500. The van der Waals surface area contributed by atoms with E-state index in [1.165, 1.54) is 0 Å². The molecule has 0 aliphatic carbocycles. The highest BCUT2D eigenvalue weighted by molar-refractivity contribution is 6.64. The van der Waals surface area contributed by atoms with E-state index < -0.39 is 0 Å². The van der Waals surface area contributed by atoms with Gasteiger partial charge in [-0.25, -0.2) is 0 Å². The van der Waals surface area contributed by atoms with E-state index in [9.17, 15) is 4.79 Å². The Labute approximate surface area is 58.9 Å². The van der Waals surface area contributed by atoms with Crippen molar-refractivity contribution in [2.24, 2.45) is 5.92 Å². The quantitative estimate of drug-likeness (QED) is 0.555. The van der Waals surface area contributed by atoms with Crippen LogP contribution in [0.1, 0.15) is 6.42 Å². The predicted octanol–water partition coefficient (Wildman–Crippen LogP) is 0.875. The number of carbonyl (C=O) groups is 1. The normalized spacial score (nSPS) is 25.2. The largest absolute Gasteiger partial charge is 0.391 e. The Bertz CT molecular complexity index is 144. The van der Waals surface area contributed by atoms with Crippen molar-refractivity contribution >= 4 is 16.8 Å². The topological polar surface area (TPSA) is 29.1 Å². The minimum absolute atomic E-state index is 0.0621. The molecule has 0 aromatic carbocycles. The van der Waals surface area contributed by atoms with Gasteiger partial charge in [0.2, 0.25) is 5.24 Å². The molecule has 0 amide bonds. The Morgan fingerprint density at radius 2 is 2.56 bits per heavy atom. The molecule has 1 aliphatic heterocycles. The minimum Gasteiger partial charge on any atom is -0.391 e. The second-order valence-corrected chi connectivity index (χ2v) is 2.39. The first kappa shape index (κ1) is 6.62. The number of nitrogens with one attached hydrogen (secondary N) is 1. The van der Waals surface area contributed by atoms with E-state index in [1.807, 2.05) is 0 Å². The summed E-state index contributed by atoms with van der Waals surface area (Å²) in [4.78, 5) is 10.5. The standard InChI is InChI=1S/C6H8ClNO/c7-6(9)5-1-3-8-4-2-5/h1,3,5,8H,2,4H2. The summed E-state index contributed by atoms with van der Waals surface area (Å²) in [7, 11) is 0. The van der Waals surface area contributed by atoms with Crippen molar-refractivity contribution in [2.75, 3.05) is 6.54 Å². The van der Waals surface area contributed by atoms with E-state index in [0.717, 1.165) is 13.0 Å². The highest BCUT2D eigenvalue weighted by Gasteiger charge is 2.13. The van der Waals surface area contributed by atoms with Gasteiger partial charge in [-0.15, -0.1) is 0 Å². The lowest BCUT2D eigenvalue weighted by molar-refractivity contribution is -0.114. The second-order valence-electron chi connectivity index (χ2n) is 2.01. The maximum absolute atomic E-state index is 10.5. The Morgan fingerprint density at radius 1 is 1.78 bits per heavy atom. The van der Waals surface area contributed by atoms with Gasteiger partial charge in [-0.1, -0.05) is 6.08 Å². The molecule has 2 nitrogen and oxygen atoms in total. The van der Waals surface area contributed by atoms with Crippen LogP contribution in [0.5, 0.6) is 0 Å². The summed E-state index contributed by atoms with van der Waals surface area (Å²) in [6.45, 7) is 0.847. The highest BCUT2D eigenvalue weighted by atomic mass is 35.5. The molecule has 1 N–H and O–H groups in total. The maximum Gasteiger partial charge on any atom is 0.228 e. The molecule has 3 heteroatoms. The van der Waals surface area contributed by atoms with Crippen LogP contribution in [0.2, 0.25) is 0 Å². The lowest BCUT2D eigenvalue weighted by Crippen LogP contribution is -2.20. The van der Waals surface area contributed by atoms with Crippen LogP contribution in [0.25, 0.3) is 0 Å². The van der Waals surface area contributed by atoms with Gasteiger partial charge >= 0.3 is 0 Å². The fourth-order valence-corrected chi connectivity index (χ4v) is 0.974. The van der Waals surface area contributed by atoms with E-state index in [0.29, 0.717) is 0 Å². The van der Waals surface area contributed by atoms with Crippen molar-refractivity contribution in [3.63, 3.8) is 0 Å². The third kappa shape index (κ3) is 1.72. The maximum atomic E-state index is 10.5. The molecule has 0 bridgehead atoms. The van der Waals surface area contributed by atoms with E-state index >= 15 is 0 Å². The Hall–Kier alpha value is -0.500. The summed E-state index contributed by atoms with van der Waals surface area (Å²) in [5.41, 5.74) is 0. The van der Waals surface area contributed by atoms with Gasteiger partial charge in [0.05, 0.1) is 5.92 Å². The van der Waals surface area contributed by atoms with E-state index in [4.69, 9.17) is 11.6 Å². The number of rotatable bonds is 1. The van der Waals surface area contributed by atoms with Crippen LogP contribution in [-0.2, 0) is 4.79 Å². The zero-order chi connectivity index (χ0) is 6.69. The van der Waals surface area contributed by atoms with Gasteiger partial charge in [-0.05, 0) is 24.2 Å². The molecular formula is C6H8ClNO. The van der Waals surface area contributed by atoms with Crippen LogP contribution in [0.4, 0.5) is 0 Å². The summed E-state index contributed by atoms with van der Waals surface area (Å²) in [6.07, 6.45) is 4.38. The molecule has 0 aromatic heterocycles. The van der Waals surface area contributed by atoms with Gasteiger partial charge in [-0.3, -0.25) is 4.79 Å². The zero-order valence-electron chi connectivity index (χ0n) is 4.93. The number of carbonyl (C=O) groups excluding carboxylic acids is 1. The van der Waals surface area contributed by atoms with Gasteiger partial charge in [0.25, 0.3) is 0 Å². The monoisotopic (exact) mass is 145 g/mol. The fourth-order valence-electron chi connectivity index (χ4n) is 0.792. The van der Waals surface area contributed by atoms with Crippen LogP contribution in [0.15, 0.2) is 12.3 Å². The van der Waals surface area contributed by atoms with Crippen LogP contribution >= 0.6 is 11.6 Å². The lowest BCUT2D eigenvalue weighted by atomic mass is 10.1. The van der Waals surface area contributed by atoms with Crippen molar-refractivity contribution in [1.82, 2.24) is 5.32 Å². The molecule has 0 fully saturated rings. The van der Waals surface area contributed by atoms with E-state index in [2.05, 4.69) is 5.32 Å². The first-order chi connectivity index (χ1) is 4.30. The lowest BCUT2D eigenvalue weighted by Gasteiger charge is -2.12. The highest BCUT2D eigenvalue weighted by Crippen LogP contribution is 2.10. The van der Waals surface area contributed by atoms with Crippen molar-refractivity contribution in [2.45, 2.75) is 6.42 Å². The molecule has 0 aromatic rings. The van der Waals surface area contributed by atoms with Gasteiger partial charge < -0.3 is 5.32 Å². The summed E-state index contributed by atoms with van der Waals surface area (Å²) >= 11 is 5.24. The second kappa shape index (κ2) is 2.87. The minimum atomic E-state index is -0.257. The van der Waals surface area contributed by atoms with Crippen LogP contribution in [-0.4, -0.2) is 11.8 Å². The molecule has 0 saturated carbocycles. The third-order valence-electron chi connectivity index (χ3n) is 1.34. The van der Waals surface area contributed by atoms with Crippen LogP contribution in [0, 0.1) is 5.92 Å². The van der Waals surface area contributed by atoms with Crippen molar-refractivity contribution in [3.05, 3.63) is 12.3 Å². The van der Waals surface area contributed by atoms with Gasteiger partial charge in [-0.2, -0.15) is 0 Å². The van der Waals surface area contributed by atoms with Crippen molar-refractivity contribution in [3.8, 4) is 0 Å². The van der Waals surface area contributed by atoms with Crippen molar-refractivity contribution in [1.29, 1.82) is 0 Å². The van der Waals surface area contributed by atoms with Gasteiger partial charge in [0.1, 0.15) is 0 Å². The first-order valence-corrected chi connectivity index (χ1v) is 3.28. The predicted molar refractivity (Wildman–Crippen MR) is 36.1 cm³/mol. The van der Waals surface area contributed by atoms with E-state index in [1.54, 1.807) is 12.3 Å². The Balaban J connectivity index is 2.50. The molecule has 50 valence electrons. The number of allylic oxidation sites excluding steroid dienone is 1. The van der Waals surface area contributed by atoms with Gasteiger partial charge in [0, 0.05) is 6.54 Å². The zero-order valence-corrected chi connectivity index (χ0v) is 5.69. The summed E-state index contributed by atoms with van der Waals surface area (Å²) < 4.78 is 0. The number of hydrogen-bond donors (Lipinski definition) is 1. The molecular weight excluding hydrogens is 138 g/mol. The van der Waals surface area contributed by atoms with Crippen molar-refractivity contribution < 1.29 is 4.79 Å². The van der Waals surface area contributed by atoms with Gasteiger partial charge in [0.15, 0.2) is 0 Å². The average molecular weight is 146 g/mol. The molecule has 0 spiro atoms. The number of halogens is 1. The molecule has 0 saturated heterocycles. The smallest absolute Gasteiger partial charge is 0.228 e. The average Bonchev–Trinajstić information content (AvgIpc) is 1.90. The molecule has 1 aliphatic rings. The molecule has 1 atom stereocenters. The third-order valence-corrected chi connectivity index (χ3v) is 1.62. The number of hydrogen-bond acceptors (Lipinski definition) is 2. The summed E-state index contributed by atoms with van der Waals surface area (Å²) in [6, 6.07) is 0. The van der Waals surface area contributed by atoms with Crippen LogP contribution in [0.3, 0.4) is 0 Å². The van der Waals surface area contributed by atoms with Crippen LogP contribution < -0.4 is 5.32 Å². The summed E-state index contributed by atoms with van der Waals surface area (Å²) in [5, 5.41) is 2.72.